The Balaban J connectivity index is 1.36. The molecule has 0 spiro atoms. The van der Waals surface area contributed by atoms with E-state index in [4.69, 9.17) is 9.47 Å². The van der Waals surface area contributed by atoms with Crippen LogP contribution in [0.4, 0.5) is 0 Å². The fraction of sp³-hybridized carbons (Fsp3) is 0.308. The topological polar surface area (TPSA) is 89.0 Å². The Bertz CT molecular complexity index is 1330. The van der Waals surface area contributed by atoms with Crippen molar-refractivity contribution in [3.05, 3.63) is 73.3 Å². The first-order valence-corrected chi connectivity index (χ1v) is 13.8. The maximum Gasteiger partial charge on any atom is 0.274 e. The average molecular weight is 528 g/mol. The van der Waals surface area contributed by atoms with Gasteiger partial charge in [-0.1, -0.05) is 23.5 Å². The molecule has 4 rings (SSSR count). The SMILES string of the molecule is C=CCN(CC=C)S(=O)(=O)c1ccc(C(=O)N2CCC(Oc3nc4cc(OC)ccc4s3)CC2)cc1. The molecular formula is C26H29N3O5S2. The molecule has 1 aromatic heterocycles. The first-order valence-electron chi connectivity index (χ1n) is 11.6. The van der Waals surface area contributed by atoms with E-state index in [-0.39, 0.29) is 30.0 Å². The van der Waals surface area contributed by atoms with Gasteiger partial charge in [-0.15, -0.1) is 13.2 Å². The van der Waals surface area contributed by atoms with E-state index in [0.29, 0.717) is 36.7 Å². The highest BCUT2D eigenvalue weighted by molar-refractivity contribution is 7.89. The monoisotopic (exact) mass is 527 g/mol. The molecule has 8 nitrogen and oxygen atoms in total. The van der Waals surface area contributed by atoms with E-state index in [1.165, 1.54) is 39.9 Å². The van der Waals surface area contributed by atoms with Crippen molar-refractivity contribution in [1.82, 2.24) is 14.2 Å². The first-order chi connectivity index (χ1) is 17.3. The molecule has 2 aromatic carbocycles. The summed E-state index contributed by atoms with van der Waals surface area (Å²) < 4.78 is 39.4. The standard InChI is InChI=1S/C26H29N3O5S2/c1-4-14-29(15-5-2)36(31,32)22-9-6-19(7-10-22)25(30)28-16-12-20(13-17-28)34-26-27-23-18-21(33-3)8-11-24(23)35-26/h4-11,18,20H,1-2,12-17H2,3H3. The van der Waals surface area contributed by atoms with Crippen LogP contribution in [0.2, 0.25) is 0 Å². The lowest BCUT2D eigenvalue weighted by Crippen LogP contribution is -2.41. The third-order valence-corrected chi connectivity index (χ3v) is 8.75. The predicted octanol–water partition coefficient (Wildman–Crippen LogP) is 4.35. The van der Waals surface area contributed by atoms with E-state index >= 15 is 0 Å². The van der Waals surface area contributed by atoms with Crippen molar-refractivity contribution in [1.29, 1.82) is 0 Å². The molecule has 36 heavy (non-hydrogen) atoms. The first kappa shape index (κ1) is 25.9. The fourth-order valence-electron chi connectivity index (χ4n) is 4.04. The number of aromatic nitrogens is 1. The Morgan fingerprint density at radius 2 is 1.81 bits per heavy atom. The van der Waals surface area contributed by atoms with Crippen LogP contribution in [0.25, 0.3) is 10.2 Å². The molecule has 1 fully saturated rings. The molecule has 2 heterocycles. The summed E-state index contributed by atoms with van der Waals surface area (Å²) in [5, 5.41) is 0.613. The number of carbonyl (C=O) groups excluding carboxylic acids is 1. The molecule has 0 atom stereocenters. The van der Waals surface area contributed by atoms with Crippen LogP contribution in [0, 0.1) is 0 Å². The van der Waals surface area contributed by atoms with Gasteiger partial charge in [0.1, 0.15) is 11.9 Å². The lowest BCUT2D eigenvalue weighted by Gasteiger charge is -2.31. The van der Waals surface area contributed by atoms with E-state index in [2.05, 4.69) is 18.1 Å². The summed E-state index contributed by atoms with van der Waals surface area (Å²) in [6, 6.07) is 11.8. The number of ether oxygens (including phenoxy) is 2. The number of hydrogen-bond acceptors (Lipinski definition) is 7. The second-order valence-electron chi connectivity index (χ2n) is 8.35. The Hall–Kier alpha value is -3.21. The number of rotatable bonds is 10. The quantitative estimate of drug-likeness (QED) is 0.364. The summed E-state index contributed by atoms with van der Waals surface area (Å²) in [7, 11) is -2.08. The normalized spacial score (nSPS) is 14.7. The van der Waals surface area contributed by atoms with Crippen molar-refractivity contribution in [2.24, 2.45) is 0 Å². The smallest absolute Gasteiger partial charge is 0.274 e. The minimum absolute atomic E-state index is 0.0234. The maximum absolute atomic E-state index is 13.0. The second kappa shape index (κ2) is 11.2. The molecule has 0 unspecified atom stereocenters. The fourth-order valence-corrected chi connectivity index (χ4v) is 6.29. The molecule has 1 saturated heterocycles. The maximum atomic E-state index is 13.0. The zero-order chi connectivity index (χ0) is 25.7. The molecule has 0 N–H and O–H groups in total. The van der Waals surface area contributed by atoms with Gasteiger partial charge in [0.25, 0.3) is 11.1 Å². The molecule has 0 bridgehead atoms. The summed E-state index contributed by atoms with van der Waals surface area (Å²) in [5.74, 6) is 0.626. The highest BCUT2D eigenvalue weighted by atomic mass is 32.2. The van der Waals surface area contributed by atoms with Crippen LogP contribution in [0.1, 0.15) is 23.2 Å². The van der Waals surface area contributed by atoms with Gasteiger partial charge in [-0.3, -0.25) is 4.79 Å². The molecule has 10 heteroatoms. The van der Waals surface area contributed by atoms with E-state index < -0.39 is 10.0 Å². The number of sulfonamides is 1. The van der Waals surface area contributed by atoms with Gasteiger partial charge in [0.15, 0.2) is 0 Å². The largest absolute Gasteiger partial charge is 0.497 e. The number of methoxy groups -OCH3 is 1. The zero-order valence-corrected chi connectivity index (χ0v) is 21.8. The van der Waals surface area contributed by atoms with Crippen LogP contribution in [0.3, 0.4) is 0 Å². The van der Waals surface area contributed by atoms with Gasteiger partial charge in [0, 0.05) is 50.7 Å². The van der Waals surface area contributed by atoms with Crippen LogP contribution in [-0.4, -0.2) is 67.9 Å². The summed E-state index contributed by atoms with van der Waals surface area (Å²) in [6.07, 6.45) is 4.41. The van der Waals surface area contributed by atoms with Gasteiger partial charge in [0.2, 0.25) is 10.0 Å². The van der Waals surface area contributed by atoms with E-state index in [1.54, 1.807) is 24.1 Å². The number of fused-ring (bicyclic) bond motifs is 1. The Kier molecular flexibility index (Phi) is 8.07. The summed E-state index contributed by atoms with van der Waals surface area (Å²) in [5.41, 5.74) is 1.29. The number of hydrogen-bond donors (Lipinski definition) is 0. The number of likely N-dealkylation sites (tertiary alicyclic amines) is 1. The van der Waals surface area contributed by atoms with Gasteiger partial charge < -0.3 is 14.4 Å². The minimum atomic E-state index is -3.71. The Labute approximate surface area is 215 Å². The van der Waals surface area contributed by atoms with Crippen molar-refractivity contribution in [2.75, 3.05) is 33.3 Å². The number of nitrogens with zero attached hydrogens (tertiary/aromatic N) is 3. The molecule has 0 saturated carbocycles. The molecule has 1 amide bonds. The van der Waals surface area contributed by atoms with Crippen molar-refractivity contribution in [3.63, 3.8) is 0 Å². The van der Waals surface area contributed by atoms with E-state index in [1.807, 2.05) is 18.2 Å². The van der Waals surface area contributed by atoms with E-state index in [9.17, 15) is 13.2 Å². The summed E-state index contributed by atoms with van der Waals surface area (Å²) >= 11 is 1.49. The van der Waals surface area contributed by atoms with Crippen molar-refractivity contribution >= 4 is 37.5 Å². The molecule has 0 aliphatic carbocycles. The van der Waals surface area contributed by atoms with Gasteiger partial charge in [-0.25, -0.2) is 13.4 Å². The molecule has 1 aliphatic heterocycles. The van der Waals surface area contributed by atoms with Crippen molar-refractivity contribution in [2.45, 2.75) is 23.8 Å². The predicted molar refractivity (Wildman–Crippen MR) is 141 cm³/mol. The van der Waals surface area contributed by atoms with E-state index in [0.717, 1.165) is 16.0 Å². The highest BCUT2D eigenvalue weighted by Crippen LogP contribution is 2.32. The van der Waals surface area contributed by atoms with Gasteiger partial charge >= 0.3 is 0 Å². The Morgan fingerprint density at radius 1 is 1.14 bits per heavy atom. The second-order valence-corrected chi connectivity index (χ2v) is 11.3. The number of thiazole rings is 1. The average Bonchev–Trinajstić information content (AvgIpc) is 3.30. The molecule has 1 aliphatic rings. The van der Waals surface area contributed by atoms with Crippen LogP contribution >= 0.6 is 11.3 Å². The van der Waals surface area contributed by atoms with Crippen LogP contribution < -0.4 is 9.47 Å². The van der Waals surface area contributed by atoms with Gasteiger partial charge in [0.05, 0.1) is 22.2 Å². The number of amides is 1. The minimum Gasteiger partial charge on any atom is -0.497 e. The van der Waals surface area contributed by atoms with Crippen molar-refractivity contribution in [3.8, 4) is 10.9 Å². The number of piperidine rings is 1. The molecular weight excluding hydrogens is 498 g/mol. The summed E-state index contributed by atoms with van der Waals surface area (Å²) in [4.78, 5) is 19.5. The molecule has 3 aromatic rings. The van der Waals surface area contributed by atoms with Gasteiger partial charge in [-0.05, 0) is 36.4 Å². The third kappa shape index (κ3) is 5.61. The van der Waals surface area contributed by atoms with Gasteiger partial charge in [-0.2, -0.15) is 4.31 Å². The van der Waals surface area contributed by atoms with Crippen LogP contribution in [-0.2, 0) is 10.0 Å². The van der Waals surface area contributed by atoms with Crippen molar-refractivity contribution < 1.29 is 22.7 Å². The lowest BCUT2D eigenvalue weighted by molar-refractivity contribution is 0.0595. The number of carbonyl (C=O) groups is 1. The molecule has 190 valence electrons. The number of benzene rings is 2. The lowest BCUT2D eigenvalue weighted by atomic mass is 10.1. The van der Waals surface area contributed by atoms with Crippen LogP contribution in [0.5, 0.6) is 10.9 Å². The Morgan fingerprint density at radius 3 is 2.42 bits per heavy atom. The highest BCUT2D eigenvalue weighted by Gasteiger charge is 2.27. The van der Waals surface area contributed by atoms with Crippen LogP contribution in [0.15, 0.2) is 72.7 Å². The molecule has 0 radical (unpaired) electrons. The zero-order valence-electron chi connectivity index (χ0n) is 20.1. The third-order valence-electron chi connectivity index (χ3n) is 5.98. The summed E-state index contributed by atoms with van der Waals surface area (Å²) in [6.45, 7) is 8.69.